The molecule has 1 aromatic rings. The summed E-state index contributed by atoms with van der Waals surface area (Å²) < 4.78 is 39.7. The van der Waals surface area contributed by atoms with Crippen LogP contribution in [0, 0.1) is 12.7 Å². The lowest BCUT2D eigenvalue weighted by molar-refractivity contribution is 0.236. The Morgan fingerprint density at radius 3 is 2.47 bits per heavy atom. The van der Waals surface area contributed by atoms with Crippen molar-refractivity contribution in [2.75, 3.05) is 18.9 Å². The molecule has 0 aliphatic rings. The van der Waals surface area contributed by atoms with Crippen molar-refractivity contribution < 1.29 is 17.9 Å². The van der Waals surface area contributed by atoms with Crippen molar-refractivity contribution in [1.29, 1.82) is 0 Å². The first kappa shape index (κ1) is 15.9. The van der Waals surface area contributed by atoms with Crippen LogP contribution >= 0.6 is 0 Å². The average molecular weight is 290 g/mol. The Morgan fingerprint density at radius 2 is 2.00 bits per heavy atom. The van der Waals surface area contributed by atoms with E-state index >= 15 is 0 Å². The van der Waals surface area contributed by atoms with Crippen LogP contribution in [-0.2, 0) is 10.0 Å². The number of benzene rings is 1. The lowest BCUT2D eigenvalue weighted by Gasteiger charge is -2.26. The molecule has 0 saturated carbocycles. The Kier molecular flexibility index (Phi) is 4.89. The number of hydrogen-bond donors (Lipinski definition) is 2. The van der Waals surface area contributed by atoms with Gasteiger partial charge < -0.3 is 10.8 Å². The topological polar surface area (TPSA) is 83.6 Å². The Hall–Kier alpha value is -1.18. The highest BCUT2D eigenvalue weighted by Gasteiger charge is 2.29. The fraction of sp³-hybridized carbons (Fsp3) is 0.500. The van der Waals surface area contributed by atoms with Gasteiger partial charge in [-0.1, -0.05) is 0 Å². The zero-order valence-corrected chi connectivity index (χ0v) is 12.0. The number of aliphatic hydroxyl groups is 1. The molecule has 0 aromatic heterocycles. The van der Waals surface area contributed by atoms with E-state index in [1.165, 1.54) is 13.0 Å². The monoisotopic (exact) mass is 290 g/mol. The van der Waals surface area contributed by atoms with Gasteiger partial charge in [0.25, 0.3) is 0 Å². The molecule has 0 fully saturated rings. The summed E-state index contributed by atoms with van der Waals surface area (Å²) >= 11 is 0. The number of halogens is 1. The van der Waals surface area contributed by atoms with Gasteiger partial charge in [0.15, 0.2) is 0 Å². The Balaban J connectivity index is 3.41. The van der Waals surface area contributed by atoms with Crippen molar-refractivity contribution in [3.05, 3.63) is 23.5 Å². The first-order valence-electron chi connectivity index (χ1n) is 5.90. The summed E-state index contributed by atoms with van der Waals surface area (Å²) in [5.74, 6) is -0.661. The molecule has 7 heteroatoms. The van der Waals surface area contributed by atoms with E-state index in [0.29, 0.717) is 0 Å². The fourth-order valence-corrected chi connectivity index (χ4v) is 3.72. The summed E-state index contributed by atoms with van der Waals surface area (Å²) in [6.45, 7) is 4.41. The van der Waals surface area contributed by atoms with Gasteiger partial charge in [0.1, 0.15) is 5.82 Å². The smallest absolute Gasteiger partial charge is 0.243 e. The van der Waals surface area contributed by atoms with Crippen LogP contribution in [0.5, 0.6) is 0 Å². The molecule has 1 aromatic carbocycles. The van der Waals surface area contributed by atoms with Gasteiger partial charge in [-0.05, 0) is 32.9 Å². The van der Waals surface area contributed by atoms with E-state index in [9.17, 15) is 12.8 Å². The minimum Gasteiger partial charge on any atom is -0.399 e. The largest absolute Gasteiger partial charge is 0.399 e. The number of hydrogen-bond acceptors (Lipinski definition) is 4. The maximum Gasteiger partial charge on any atom is 0.243 e. The molecule has 0 bridgehead atoms. The lowest BCUT2D eigenvalue weighted by Crippen LogP contribution is -2.39. The number of anilines is 1. The molecule has 0 radical (unpaired) electrons. The highest BCUT2D eigenvalue weighted by Crippen LogP contribution is 2.25. The summed E-state index contributed by atoms with van der Waals surface area (Å²) in [5, 5.41) is 8.97. The minimum atomic E-state index is -3.88. The van der Waals surface area contributed by atoms with Crippen LogP contribution in [0.25, 0.3) is 0 Å². The number of nitrogen functional groups attached to an aromatic ring is 1. The predicted octanol–water partition coefficient (Wildman–Crippen LogP) is 1.11. The van der Waals surface area contributed by atoms with Gasteiger partial charge in [-0.2, -0.15) is 4.31 Å². The first-order chi connectivity index (χ1) is 8.71. The Morgan fingerprint density at radius 1 is 1.42 bits per heavy atom. The standard InChI is InChI=1S/C12H19FN2O3S/c1-8(2)15(4-5-16)19(17,18)12-7-10(14)6-11(13)9(12)3/h6-8,16H,4-5,14H2,1-3H3. The zero-order chi connectivity index (χ0) is 14.8. The second kappa shape index (κ2) is 5.85. The van der Waals surface area contributed by atoms with Crippen molar-refractivity contribution in [3.8, 4) is 0 Å². The van der Waals surface area contributed by atoms with E-state index in [2.05, 4.69) is 0 Å². The van der Waals surface area contributed by atoms with Crippen molar-refractivity contribution >= 4 is 15.7 Å². The molecule has 19 heavy (non-hydrogen) atoms. The van der Waals surface area contributed by atoms with Gasteiger partial charge in [0.2, 0.25) is 10.0 Å². The molecule has 0 aliphatic heterocycles. The number of nitrogens with zero attached hydrogens (tertiary/aromatic N) is 1. The molecular weight excluding hydrogens is 271 g/mol. The summed E-state index contributed by atoms with van der Waals surface area (Å²) in [7, 11) is -3.88. The van der Waals surface area contributed by atoms with Gasteiger partial charge in [0, 0.05) is 23.8 Å². The van der Waals surface area contributed by atoms with Gasteiger partial charge in [-0.25, -0.2) is 12.8 Å². The van der Waals surface area contributed by atoms with E-state index in [-0.39, 0.29) is 35.3 Å². The highest BCUT2D eigenvalue weighted by molar-refractivity contribution is 7.89. The third-order valence-corrected chi connectivity index (χ3v) is 5.00. The van der Waals surface area contributed by atoms with Crippen LogP contribution < -0.4 is 5.73 Å². The Bertz CT molecular complexity index is 558. The molecule has 1 rings (SSSR count). The van der Waals surface area contributed by atoms with E-state index in [0.717, 1.165) is 10.4 Å². The normalized spacial score (nSPS) is 12.4. The maximum absolute atomic E-state index is 13.6. The number of rotatable bonds is 5. The molecule has 5 nitrogen and oxygen atoms in total. The second-order valence-corrected chi connectivity index (χ2v) is 6.42. The zero-order valence-electron chi connectivity index (χ0n) is 11.2. The van der Waals surface area contributed by atoms with E-state index in [1.54, 1.807) is 13.8 Å². The van der Waals surface area contributed by atoms with Crippen LogP contribution in [0.1, 0.15) is 19.4 Å². The molecule has 0 amide bonds. The van der Waals surface area contributed by atoms with Crippen LogP contribution in [0.15, 0.2) is 17.0 Å². The van der Waals surface area contributed by atoms with Gasteiger partial charge >= 0.3 is 0 Å². The molecule has 0 aliphatic carbocycles. The quantitative estimate of drug-likeness (QED) is 0.796. The fourth-order valence-electron chi connectivity index (χ4n) is 1.82. The number of sulfonamides is 1. The molecule has 3 N–H and O–H groups in total. The Labute approximate surface area is 112 Å². The van der Waals surface area contributed by atoms with Crippen LogP contribution in [0.3, 0.4) is 0 Å². The third-order valence-electron chi connectivity index (χ3n) is 2.80. The van der Waals surface area contributed by atoms with E-state index in [1.807, 2.05) is 0 Å². The van der Waals surface area contributed by atoms with E-state index in [4.69, 9.17) is 10.8 Å². The molecule has 0 unspecified atom stereocenters. The van der Waals surface area contributed by atoms with E-state index < -0.39 is 15.8 Å². The minimum absolute atomic E-state index is 0.0257. The maximum atomic E-state index is 13.6. The lowest BCUT2D eigenvalue weighted by atomic mass is 10.2. The van der Waals surface area contributed by atoms with Crippen LogP contribution in [-0.4, -0.2) is 37.0 Å². The molecular formula is C12H19FN2O3S. The van der Waals surface area contributed by atoms with Crippen molar-refractivity contribution in [2.45, 2.75) is 31.7 Å². The summed E-state index contributed by atoms with van der Waals surface area (Å²) in [5.41, 5.74) is 5.58. The molecule has 0 heterocycles. The molecule has 0 atom stereocenters. The predicted molar refractivity (Wildman–Crippen MR) is 71.7 cm³/mol. The highest BCUT2D eigenvalue weighted by atomic mass is 32.2. The van der Waals surface area contributed by atoms with Gasteiger partial charge in [-0.3, -0.25) is 0 Å². The summed E-state index contributed by atoms with van der Waals surface area (Å²) in [4.78, 5) is -0.160. The first-order valence-corrected chi connectivity index (χ1v) is 7.34. The number of aliphatic hydroxyl groups excluding tert-OH is 1. The van der Waals surface area contributed by atoms with Gasteiger partial charge in [0.05, 0.1) is 11.5 Å². The van der Waals surface area contributed by atoms with Crippen LogP contribution in [0.2, 0.25) is 0 Å². The third kappa shape index (κ3) is 3.23. The van der Waals surface area contributed by atoms with Crippen molar-refractivity contribution in [3.63, 3.8) is 0 Å². The molecule has 0 spiro atoms. The van der Waals surface area contributed by atoms with Gasteiger partial charge in [-0.15, -0.1) is 0 Å². The molecule has 0 saturated heterocycles. The van der Waals surface area contributed by atoms with Crippen molar-refractivity contribution in [2.24, 2.45) is 0 Å². The SMILES string of the molecule is Cc1c(F)cc(N)cc1S(=O)(=O)N(CCO)C(C)C. The number of nitrogens with two attached hydrogens (primary N) is 1. The summed E-state index contributed by atoms with van der Waals surface area (Å²) in [6.07, 6.45) is 0. The van der Waals surface area contributed by atoms with Crippen LogP contribution in [0.4, 0.5) is 10.1 Å². The average Bonchev–Trinajstić information content (AvgIpc) is 2.29. The molecule has 108 valence electrons. The second-order valence-electron chi connectivity index (χ2n) is 4.56. The van der Waals surface area contributed by atoms with Crippen molar-refractivity contribution in [1.82, 2.24) is 4.31 Å². The summed E-state index contributed by atoms with van der Waals surface area (Å²) in [6, 6.07) is 1.97.